The first-order valence-electron chi connectivity index (χ1n) is 5.59. The van der Waals surface area contributed by atoms with E-state index < -0.39 is 0 Å². The number of unbranched alkanes of at least 4 members (excludes halogenated alkanes) is 3. The van der Waals surface area contributed by atoms with Crippen molar-refractivity contribution in [2.24, 2.45) is 5.92 Å². The Morgan fingerprint density at radius 2 is 1.54 bits per heavy atom. The van der Waals surface area contributed by atoms with Crippen molar-refractivity contribution in [3.63, 3.8) is 0 Å². The fourth-order valence-corrected chi connectivity index (χ4v) is 1.12. The minimum Gasteiger partial charge on any atom is -0.0885 e. The topological polar surface area (TPSA) is 0 Å². The second-order valence-corrected chi connectivity index (χ2v) is 3.86. The van der Waals surface area contributed by atoms with E-state index in [9.17, 15) is 0 Å². The van der Waals surface area contributed by atoms with Crippen LogP contribution in [0.5, 0.6) is 0 Å². The SMILES string of the molecule is CCCCC=CCCC=CC(C)C. The summed E-state index contributed by atoms with van der Waals surface area (Å²) in [5.41, 5.74) is 0. The van der Waals surface area contributed by atoms with Crippen molar-refractivity contribution in [2.45, 2.75) is 52.9 Å². The molecule has 0 amide bonds. The van der Waals surface area contributed by atoms with Gasteiger partial charge >= 0.3 is 0 Å². The van der Waals surface area contributed by atoms with Crippen LogP contribution >= 0.6 is 0 Å². The average Bonchev–Trinajstić information content (AvgIpc) is 2.09. The summed E-state index contributed by atoms with van der Waals surface area (Å²) in [6.45, 7) is 6.67. The van der Waals surface area contributed by atoms with Gasteiger partial charge in [0.25, 0.3) is 0 Å². The molecule has 0 aliphatic rings. The fourth-order valence-electron chi connectivity index (χ4n) is 1.12. The van der Waals surface area contributed by atoms with Gasteiger partial charge in [-0.25, -0.2) is 0 Å². The molecule has 0 aromatic carbocycles. The Hall–Kier alpha value is -0.520. The van der Waals surface area contributed by atoms with Crippen molar-refractivity contribution < 1.29 is 0 Å². The van der Waals surface area contributed by atoms with Gasteiger partial charge in [0.2, 0.25) is 0 Å². The summed E-state index contributed by atoms with van der Waals surface area (Å²) in [5.74, 6) is 0.698. The lowest BCUT2D eigenvalue weighted by atomic mass is 10.1. The highest BCUT2D eigenvalue weighted by atomic mass is 13.9. The molecular formula is C13H24. The molecule has 0 saturated carbocycles. The van der Waals surface area contributed by atoms with Gasteiger partial charge < -0.3 is 0 Å². The van der Waals surface area contributed by atoms with Crippen LogP contribution in [0.2, 0.25) is 0 Å². The minimum atomic E-state index is 0.698. The lowest BCUT2D eigenvalue weighted by Gasteiger charge is -1.92. The molecule has 0 fully saturated rings. The van der Waals surface area contributed by atoms with Crippen LogP contribution in [0, 0.1) is 5.92 Å². The second-order valence-electron chi connectivity index (χ2n) is 3.86. The molecule has 0 unspecified atom stereocenters. The zero-order valence-electron chi connectivity index (χ0n) is 9.42. The van der Waals surface area contributed by atoms with Crippen LogP contribution in [-0.4, -0.2) is 0 Å². The molecule has 0 radical (unpaired) electrons. The molecule has 0 aliphatic carbocycles. The molecule has 0 nitrogen and oxygen atoms in total. The zero-order chi connectivity index (χ0) is 9.94. The molecule has 0 aromatic rings. The minimum absolute atomic E-state index is 0.698. The maximum Gasteiger partial charge on any atom is -0.0290 e. The molecule has 0 aliphatic heterocycles. The van der Waals surface area contributed by atoms with E-state index >= 15 is 0 Å². The lowest BCUT2D eigenvalue weighted by Crippen LogP contribution is -1.76. The standard InChI is InChI=1S/C13H24/c1-4-5-6-7-8-9-10-11-12-13(2)3/h7-8,11-13H,4-6,9-10H2,1-3H3. The van der Waals surface area contributed by atoms with Gasteiger partial charge in [-0.3, -0.25) is 0 Å². The Morgan fingerprint density at radius 3 is 2.15 bits per heavy atom. The van der Waals surface area contributed by atoms with Crippen molar-refractivity contribution >= 4 is 0 Å². The number of rotatable bonds is 7. The fraction of sp³-hybridized carbons (Fsp3) is 0.692. The van der Waals surface area contributed by atoms with Gasteiger partial charge in [0.15, 0.2) is 0 Å². The van der Waals surface area contributed by atoms with E-state index in [0.29, 0.717) is 5.92 Å². The Balaban J connectivity index is 3.20. The smallest absolute Gasteiger partial charge is 0.0290 e. The van der Waals surface area contributed by atoms with Crippen LogP contribution < -0.4 is 0 Å². The van der Waals surface area contributed by atoms with Crippen molar-refractivity contribution in [1.82, 2.24) is 0 Å². The molecule has 76 valence electrons. The van der Waals surface area contributed by atoms with Crippen molar-refractivity contribution in [3.8, 4) is 0 Å². The largest absolute Gasteiger partial charge is 0.0885 e. The highest BCUT2D eigenvalue weighted by molar-refractivity contribution is 4.89. The van der Waals surface area contributed by atoms with Gasteiger partial charge in [0.1, 0.15) is 0 Å². The van der Waals surface area contributed by atoms with E-state index in [4.69, 9.17) is 0 Å². The van der Waals surface area contributed by atoms with Crippen LogP contribution in [0.25, 0.3) is 0 Å². The molecule has 0 aromatic heterocycles. The summed E-state index contributed by atoms with van der Waals surface area (Å²) in [4.78, 5) is 0. The van der Waals surface area contributed by atoms with E-state index in [1.165, 1.54) is 32.1 Å². The molecule has 13 heavy (non-hydrogen) atoms. The molecular weight excluding hydrogens is 156 g/mol. The van der Waals surface area contributed by atoms with Gasteiger partial charge in [-0.15, -0.1) is 0 Å². The quantitative estimate of drug-likeness (QED) is 0.392. The van der Waals surface area contributed by atoms with Gasteiger partial charge in [-0.05, 0) is 25.2 Å². The lowest BCUT2D eigenvalue weighted by molar-refractivity contribution is 0.809. The number of allylic oxidation sites excluding steroid dienone is 4. The Labute approximate surface area is 83.7 Å². The van der Waals surface area contributed by atoms with Crippen molar-refractivity contribution in [2.75, 3.05) is 0 Å². The van der Waals surface area contributed by atoms with Gasteiger partial charge in [-0.1, -0.05) is 57.9 Å². The molecule has 0 N–H and O–H groups in total. The summed E-state index contributed by atoms with van der Waals surface area (Å²) in [6.07, 6.45) is 15.5. The Morgan fingerprint density at radius 1 is 0.923 bits per heavy atom. The van der Waals surface area contributed by atoms with Gasteiger partial charge in [-0.2, -0.15) is 0 Å². The van der Waals surface area contributed by atoms with E-state index in [0.717, 1.165) is 0 Å². The van der Waals surface area contributed by atoms with Crippen LogP contribution in [0.1, 0.15) is 52.9 Å². The molecule has 0 heterocycles. The highest BCUT2D eigenvalue weighted by Gasteiger charge is 1.82. The first-order valence-corrected chi connectivity index (χ1v) is 5.59. The van der Waals surface area contributed by atoms with Gasteiger partial charge in [0.05, 0.1) is 0 Å². The van der Waals surface area contributed by atoms with E-state index in [-0.39, 0.29) is 0 Å². The Kier molecular flexibility index (Phi) is 9.18. The second kappa shape index (κ2) is 9.57. The van der Waals surface area contributed by atoms with Crippen LogP contribution in [-0.2, 0) is 0 Å². The predicted octanol–water partition coefficient (Wildman–Crippen LogP) is 4.73. The first-order chi connectivity index (χ1) is 6.27. The number of hydrogen-bond donors (Lipinski definition) is 0. The highest BCUT2D eigenvalue weighted by Crippen LogP contribution is 2.00. The third kappa shape index (κ3) is 11.5. The average molecular weight is 180 g/mol. The molecule has 0 heteroatoms. The Bertz CT molecular complexity index is 140. The summed E-state index contributed by atoms with van der Waals surface area (Å²) in [5, 5.41) is 0. The first kappa shape index (κ1) is 12.5. The summed E-state index contributed by atoms with van der Waals surface area (Å²) >= 11 is 0. The van der Waals surface area contributed by atoms with E-state index in [1.54, 1.807) is 0 Å². The van der Waals surface area contributed by atoms with Crippen molar-refractivity contribution in [3.05, 3.63) is 24.3 Å². The number of hydrogen-bond acceptors (Lipinski definition) is 0. The molecule has 0 rings (SSSR count). The summed E-state index contributed by atoms with van der Waals surface area (Å²) < 4.78 is 0. The molecule has 0 atom stereocenters. The third-order valence-electron chi connectivity index (χ3n) is 1.91. The van der Waals surface area contributed by atoms with E-state index in [2.05, 4.69) is 45.1 Å². The predicted molar refractivity (Wildman–Crippen MR) is 61.9 cm³/mol. The maximum absolute atomic E-state index is 2.31. The van der Waals surface area contributed by atoms with E-state index in [1.807, 2.05) is 0 Å². The summed E-state index contributed by atoms with van der Waals surface area (Å²) in [6, 6.07) is 0. The molecule has 0 spiro atoms. The molecule has 0 bridgehead atoms. The normalized spacial score (nSPS) is 12.3. The monoisotopic (exact) mass is 180 g/mol. The third-order valence-corrected chi connectivity index (χ3v) is 1.91. The summed E-state index contributed by atoms with van der Waals surface area (Å²) in [7, 11) is 0. The van der Waals surface area contributed by atoms with Gasteiger partial charge in [0, 0.05) is 0 Å². The van der Waals surface area contributed by atoms with Crippen LogP contribution in [0.15, 0.2) is 24.3 Å². The van der Waals surface area contributed by atoms with Crippen LogP contribution in [0.4, 0.5) is 0 Å². The van der Waals surface area contributed by atoms with Crippen molar-refractivity contribution in [1.29, 1.82) is 0 Å². The molecule has 0 saturated heterocycles. The maximum atomic E-state index is 2.31. The zero-order valence-corrected chi connectivity index (χ0v) is 9.42. The van der Waals surface area contributed by atoms with Crippen LogP contribution in [0.3, 0.4) is 0 Å².